The van der Waals surface area contributed by atoms with Gasteiger partial charge in [0.1, 0.15) is 0 Å². The maximum absolute atomic E-state index is 12.4. The molecule has 1 amide bonds. The van der Waals surface area contributed by atoms with E-state index >= 15 is 0 Å². The number of carbonyl (C=O) groups excluding carboxylic acids is 1. The van der Waals surface area contributed by atoms with E-state index in [1.807, 2.05) is 49.9 Å². The van der Waals surface area contributed by atoms with Crippen LogP contribution in [-0.2, 0) is 9.47 Å². The van der Waals surface area contributed by atoms with Gasteiger partial charge in [-0.3, -0.25) is 4.79 Å². The van der Waals surface area contributed by atoms with E-state index in [2.05, 4.69) is 0 Å². The molecule has 2 saturated heterocycles. The van der Waals surface area contributed by atoms with Gasteiger partial charge in [0.2, 0.25) is 0 Å². The van der Waals surface area contributed by atoms with E-state index in [0.29, 0.717) is 13.2 Å². The molecule has 20 heavy (non-hydrogen) atoms. The summed E-state index contributed by atoms with van der Waals surface area (Å²) in [5, 5.41) is 0. The summed E-state index contributed by atoms with van der Waals surface area (Å²) in [6.07, 6.45) is 0. The zero-order valence-corrected chi connectivity index (χ0v) is 12.3. The van der Waals surface area contributed by atoms with Crippen molar-refractivity contribution in [3.63, 3.8) is 0 Å². The van der Waals surface area contributed by atoms with Crippen LogP contribution in [0, 0.1) is 12.3 Å². The predicted molar refractivity (Wildman–Crippen MR) is 75.5 cm³/mol. The lowest BCUT2D eigenvalue weighted by Gasteiger charge is -2.54. The first-order chi connectivity index (χ1) is 9.41. The highest BCUT2D eigenvalue weighted by Crippen LogP contribution is 2.38. The molecule has 0 aliphatic carbocycles. The lowest BCUT2D eigenvalue weighted by Crippen LogP contribution is -2.65. The van der Waals surface area contributed by atoms with Crippen molar-refractivity contribution in [2.24, 2.45) is 5.41 Å². The molecule has 108 valence electrons. The summed E-state index contributed by atoms with van der Waals surface area (Å²) in [6.45, 7) is 8.59. The number of hydrogen-bond donors (Lipinski definition) is 0. The van der Waals surface area contributed by atoms with Crippen LogP contribution < -0.4 is 0 Å². The predicted octanol–water partition coefficient (Wildman–Crippen LogP) is 2.22. The fourth-order valence-electron chi connectivity index (χ4n) is 2.81. The third-order valence-corrected chi connectivity index (χ3v) is 4.17. The second kappa shape index (κ2) is 4.57. The monoisotopic (exact) mass is 275 g/mol. The van der Waals surface area contributed by atoms with Gasteiger partial charge >= 0.3 is 0 Å². The summed E-state index contributed by atoms with van der Waals surface area (Å²) < 4.78 is 11.4. The van der Waals surface area contributed by atoms with Crippen LogP contribution in [0.1, 0.15) is 29.8 Å². The smallest absolute Gasteiger partial charge is 0.254 e. The van der Waals surface area contributed by atoms with Gasteiger partial charge in [0.25, 0.3) is 5.91 Å². The van der Waals surface area contributed by atoms with Gasteiger partial charge in [-0.25, -0.2) is 0 Å². The Morgan fingerprint density at radius 2 is 1.75 bits per heavy atom. The number of hydrogen-bond acceptors (Lipinski definition) is 3. The van der Waals surface area contributed by atoms with Gasteiger partial charge in [0.15, 0.2) is 5.79 Å². The van der Waals surface area contributed by atoms with Crippen LogP contribution in [-0.4, -0.2) is 42.9 Å². The van der Waals surface area contributed by atoms with Crippen LogP contribution in [0.25, 0.3) is 0 Å². The number of nitrogens with zero attached hydrogens (tertiary/aromatic N) is 1. The minimum absolute atomic E-state index is 0.00609. The van der Waals surface area contributed by atoms with Gasteiger partial charge in [-0.15, -0.1) is 0 Å². The molecule has 4 nitrogen and oxygen atoms in total. The minimum atomic E-state index is -0.494. The molecule has 0 atom stereocenters. The van der Waals surface area contributed by atoms with E-state index in [9.17, 15) is 4.79 Å². The highest BCUT2D eigenvalue weighted by molar-refractivity contribution is 5.96. The molecule has 0 N–H and O–H groups in total. The van der Waals surface area contributed by atoms with Crippen molar-refractivity contribution in [3.8, 4) is 0 Å². The van der Waals surface area contributed by atoms with Gasteiger partial charge < -0.3 is 14.4 Å². The molecule has 2 aliphatic rings. The maximum Gasteiger partial charge on any atom is 0.254 e. The molecular weight excluding hydrogens is 254 g/mol. The third-order valence-electron chi connectivity index (χ3n) is 4.17. The number of carbonyl (C=O) groups is 1. The average molecular weight is 275 g/mol. The van der Waals surface area contributed by atoms with E-state index in [1.54, 1.807) is 0 Å². The van der Waals surface area contributed by atoms with Crippen molar-refractivity contribution >= 4 is 5.91 Å². The quantitative estimate of drug-likeness (QED) is 0.789. The van der Waals surface area contributed by atoms with Crippen molar-refractivity contribution in [1.29, 1.82) is 0 Å². The van der Waals surface area contributed by atoms with Crippen LogP contribution in [0.15, 0.2) is 24.3 Å². The second-order valence-electron chi connectivity index (χ2n) is 6.45. The molecule has 0 aromatic heterocycles. The Labute approximate surface area is 119 Å². The Balaban J connectivity index is 1.64. The van der Waals surface area contributed by atoms with E-state index in [1.165, 1.54) is 0 Å². The summed E-state index contributed by atoms with van der Waals surface area (Å²) >= 11 is 0. The molecule has 2 heterocycles. The van der Waals surface area contributed by atoms with Gasteiger partial charge in [-0.2, -0.15) is 0 Å². The van der Waals surface area contributed by atoms with Crippen LogP contribution in [0.4, 0.5) is 0 Å². The number of ether oxygens (including phenoxy) is 2. The summed E-state index contributed by atoms with van der Waals surface area (Å²) in [6, 6.07) is 7.72. The van der Waals surface area contributed by atoms with Crippen LogP contribution in [0.3, 0.4) is 0 Å². The maximum atomic E-state index is 12.4. The number of rotatable bonds is 1. The molecule has 4 heteroatoms. The number of likely N-dealkylation sites (tertiary alicyclic amines) is 1. The molecular formula is C16H21NO3. The van der Waals surface area contributed by atoms with E-state index in [4.69, 9.17) is 9.47 Å². The zero-order chi connectivity index (χ0) is 14.4. The third kappa shape index (κ3) is 2.34. The van der Waals surface area contributed by atoms with Crippen molar-refractivity contribution in [2.45, 2.75) is 26.6 Å². The molecule has 0 unspecified atom stereocenters. The lowest BCUT2D eigenvalue weighted by atomic mass is 9.80. The first kappa shape index (κ1) is 13.6. The Morgan fingerprint density at radius 1 is 1.15 bits per heavy atom. The van der Waals surface area contributed by atoms with Crippen LogP contribution >= 0.6 is 0 Å². The molecule has 0 saturated carbocycles. The van der Waals surface area contributed by atoms with Crippen molar-refractivity contribution < 1.29 is 14.3 Å². The van der Waals surface area contributed by atoms with Crippen molar-refractivity contribution in [2.75, 3.05) is 26.3 Å². The number of amides is 1. The number of benzene rings is 1. The van der Waals surface area contributed by atoms with E-state index in [-0.39, 0.29) is 11.3 Å². The molecule has 1 aromatic carbocycles. The highest BCUT2D eigenvalue weighted by Gasteiger charge is 2.50. The summed E-state index contributed by atoms with van der Waals surface area (Å²) in [4.78, 5) is 14.3. The van der Waals surface area contributed by atoms with Crippen molar-refractivity contribution in [1.82, 2.24) is 4.90 Å². The number of aryl methyl sites for hydroxylation is 1. The molecule has 0 radical (unpaired) electrons. The second-order valence-corrected chi connectivity index (χ2v) is 6.45. The molecule has 2 aliphatic heterocycles. The summed E-state index contributed by atoms with van der Waals surface area (Å²) in [5.74, 6) is -0.385. The lowest BCUT2D eigenvalue weighted by molar-refractivity contribution is -0.301. The van der Waals surface area contributed by atoms with Crippen LogP contribution in [0.5, 0.6) is 0 Å². The summed E-state index contributed by atoms with van der Waals surface area (Å²) in [7, 11) is 0. The Morgan fingerprint density at radius 3 is 2.35 bits per heavy atom. The standard InChI is InChI=1S/C16H21NO3/c1-12-6-4-5-7-13(12)14(18)17-8-16(9-17)10-19-15(2,3)20-11-16/h4-7H,8-11H2,1-3H3. The normalized spacial score (nSPS) is 23.4. The summed E-state index contributed by atoms with van der Waals surface area (Å²) in [5.41, 5.74) is 1.81. The fourth-order valence-corrected chi connectivity index (χ4v) is 2.81. The molecule has 0 bridgehead atoms. The molecule has 2 fully saturated rings. The van der Waals surface area contributed by atoms with Crippen molar-refractivity contribution in [3.05, 3.63) is 35.4 Å². The molecule has 1 spiro atoms. The largest absolute Gasteiger partial charge is 0.350 e. The van der Waals surface area contributed by atoms with Gasteiger partial charge in [-0.1, -0.05) is 18.2 Å². The molecule has 1 aromatic rings. The van der Waals surface area contributed by atoms with Gasteiger partial charge in [0, 0.05) is 18.7 Å². The Bertz CT molecular complexity index is 520. The van der Waals surface area contributed by atoms with Gasteiger partial charge in [0.05, 0.1) is 18.6 Å². The van der Waals surface area contributed by atoms with E-state index in [0.717, 1.165) is 24.2 Å². The first-order valence-electron chi connectivity index (χ1n) is 7.04. The SMILES string of the molecule is Cc1ccccc1C(=O)N1CC2(COC(C)(C)OC2)C1. The highest BCUT2D eigenvalue weighted by atomic mass is 16.7. The minimum Gasteiger partial charge on any atom is -0.350 e. The Kier molecular flexibility index (Phi) is 3.10. The van der Waals surface area contributed by atoms with Gasteiger partial charge in [-0.05, 0) is 32.4 Å². The zero-order valence-electron chi connectivity index (χ0n) is 12.3. The molecule has 3 rings (SSSR count). The van der Waals surface area contributed by atoms with Crippen LogP contribution in [0.2, 0.25) is 0 Å². The first-order valence-corrected chi connectivity index (χ1v) is 7.04. The average Bonchev–Trinajstić information content (AvgIpc) is 2.37. The fraction of sp³-hybridized carbons (Fsp3) is 0.562. The topological polar surface area (TPSA) is 38.8 Å². The Hall–Kier alpha value is -1.39. The van der Waals surface area contributed by atoms with E-state index < -0.39 is 5.79 Å².